The lowest BCUT2D eigenvalue weighted by molar-refractivity contribution is -0.138. The molecule has 0 spiro atoms. The van der Waals surface area contributed by atoms with E-state index in [1.54, 1.807) is 25.1 Å². The Morgan fingerprint density at radius 1 is 1.29 bits per heavy atom. The van der Waals surface area contributed by atoms with Crippen LogP contribution in [-0.4, -0.2) is 46.9 Å². The van der Waals surface area contributed by atoms with Crippen LogP contribution in [0.1, 0.15) is 46.8 Å². The van der Waals surface area contributed by atoms with Crippen molar-refractivity contribution in [2.45, 2.75) is 50.0 Å². The molecule has 2 unspecified atom stereocenters. The highest BCUT2D eigenvalue weighted by Crippen LogP contribution is 2.37. The molecular weight excluding hydrogens is 567 g/mol. The number of hydrogen-bond donors (Lipinski definition) is 2. The summed E-state index contributed by atoms with van der Waals surface area (Å²) in [5, 5.41) is 6.25. The molecule has 11 heteroatoms. The largest absolute Gasteiger partial charge is 0.416 e. The molecule has 3 rings (SSSR count). The maximum atomic E-state index is 14.0. The molecule has 1 fully saturated rings. The van der Waals surface area contributed by atoms with Gasteiger partial charge < -0.3 is 10.6 Å². The number of amides is 1. The molecule has 35 heavy (non-hydrogen) atoms. The third-order valence-electron chi connectivity index (χ3n) is 6.03. The number of halogens is 5. The highest BCUT2D eigenvalue weighted by Gasteiger charge is 2.36. The van der Waals surface area contributed by atoms with Gasteiger partial charge in [-0.15, -0.1) is 0 Å². The fraction of sp³-hybridized carbons (Fsp3) is 0.458. The monoisotopic (exact) mass is 593 g/mol. The van der Waals surface area contributed by atoms with Crippen LogP contribution in [0.5, 0.6) is 0 Å². The van der Waals surface area contributed by atoms with Crippen molar-refractivity contribution in [1.29, 1.82) is 0 Å². The van der Waals surface area contributed by atoms with Crippen LogP contribution in [-0.2, 0) is 30.1 Å². The van der Waals surface area contributed by atoms with E-state index in [9.17, 15) is 22.2 Å². The lowest BCUT2D eigenvalue weighted by Gasteiger charge is -2.33. The number of benzene rings is 2. The second-order valence-electron chi connectivity index (χ2n) is 8.41. The first-order valence-electron chi connectivity index (χ1n) is 11.3. The van der Waals surface area contributed by atoms with E-state index < -0.39 is 28.4 Å². The molecule has 1 heterocycles. The molecule has 0 radical (unpaired) electrons. The number of rotatable bonds is 8. The fourth-order valence-corrected chi connectivity index (χ4v) is 5.92. The first-order chi connectivity index (χ1) is 16.5. The summed E-state index contributed by atoms with van der Waals surface area (Å²) >= 11 is 9.34. The Labute approximate surface area is 219 Å². The van der Waals surface area contributed by atoms with Gasteiger partial charge in [0.15, 0.2) is 0 Å². The SMILES string of the molecule is CCS(=O)c1ccc(Cl)cc1CNC(=O)c1cc(Br)c(CN2CCCC(NC)C2)c(C(F)(F)F)c1. The Hall–Kier alpha value is -1.46. The minimum atomic E-state index is -4.62. The number of nitrogens with one attached hydrogen (secondary N) is 2. The van der Waals surface area contributed by atoms with Crippen molar-refractivity contribution in [3.05, 3.63) is 62.1 Å². The van der Waals surface area contributed by atoms with Crippen molar-refractivity contribution in [3.63, 3.8) is 0 Å². The highest BCUT2D eigenvalue weighted by atomic mass is 79.9. The van der Waals surface area contributed by atoms with Crippen LogP contribution in [0.4, 0.5) is 13.2 Å². The summed E-state index contributed by atoms with van der Waals surface area (Å²) in [7, 11) is 0.578. The van der Waals surface area contributed by atoms with Crippen molar-refractivity contribution in [3.8, 4) is 0 Å². The lowest BCUT2D eigenvalue weighted by atomic mass is 10.00. The van der Waals surface area contributed by atoms with Crippen LogP contribution in [0.25, 0.3) is 0 Å². The summed E-state index contributed by atoms with van der Waals surface area (Å²) in [6, 6.07) is 7.40. The summed E-state index contributed by atoms with van der Waals surface area (Å²) in [5.41, 5.74) is -0.276. The van der Waals surface area contributed by atoms with Gasteiger partial charge >= 0.3 is 6.18 Å². The second-order valence-corrected chi connectivity index (χ2v) is 11.4. The van der Waals surface area contributed by atoms with E-state index >= 15 is 0 Å². The zero-order valence-electron chi connectivity index (χ0n) is 19.5. The van der Waals surface area contributed by atoms with Gasteiger partial charge in [0.05, 0.1) is 16.4 Å². The maximum absolute atomic E-state index is 14.0. The van der Waals surface area contributed by atoms with Crippen molar-refractivity contribution in [2.24, 2.45) is 0 Å². The van der Waals surface area contributed by atoms with Gasteiger partial charge in [-0.1, -0.05) is 34.5 Å². The van der Waals surface area contributed by atoms with Crippen LogP contribution in [0, 0.1) is 0 Å². The third-order valence-corrected chi connectivity index (χ3v) is 8.38. The molecule has 1 saturated heterocycles. The van der Waals surface area contributed by atoms with Gasteiger partial charge in [0.1, 0.15) is 0 Å². The third kappa shape index (κ3) is 7.29. The zero-order valence-corrected chi connectivity index (χ0v) is 22.6. The van der Waals surface area contributed by atoms with Gasteiger partial charge in [-0.25, -0.2) is 0 Å². The Morgan fingerprint density at radius 3 is 2.69 bits per heavy atom. The summed E-state index contributed by atoms with van der Waals surface area (Å²) in [6.45, 7) is 3.26. The van der Waals surface area contributed by atoms with E-state index in [0.29, 0.717) is 34.3 Å². The van der Waals surface area contributed by atoms with Crippen LogP contribution >= 0.6 is 27.5 Å². The predicted octanol–water partition coefficient (Wildman–Crippen LogP) is 5.36. The summed E-state index contributed by atoms with van der Waals surface area (Å²) < 4.78 is 54.6. The first-order valence-corrected chi connectivity index (χ1v) is 13.8. The average molecular weight is 595 g/mol. The standard InChI is InChI=1S/C24H28BrClF3N3O2S/c1-3-35(34)22-7-6-17(26)9-16(22)12-31-23(33)15-10-20(24(27,28)29)19(21(25)11-15)14-32-8-4-5-18(13-32)30-2/h6-7,9-11,18,30H,3-5,8,12-14H2,1-2H3,(H,31,33). The van der Waals surface area contributed by atoms with Gasteiger partial charge in [-0.3, -0.25) is 13.9 Å². The average Bonchev–Trinajstić information content (AvgIpc) is 2.82. The number of carbonyl (C=O) groups excluding carboxylic acids is 1. The van der Waals surface area contributed by atoms with Gasteiger partial charge in [0.2, 0.25) is 0 Å². The fourth-order valence-electron chi connectivity index (χ4n) is 4.18. The topological polar surface area (TPSA) is 61.4 Å². The zero-order chi connectivity index (χ0) is 25.8. The van der Waals surface area contributed by atoms with E-state index in [1.165, 1.54) is 6.07 Å². The number of likely N-dealkylation sites (N-methyl/N-ethyl adjacent to an activating group) is 1. The Bertz CT molecular complexity index is 1100. The van der Waals surface area contributed by atoms with Crippen LogP contribution < -0.4 is 10.6 Å². The minimum absolute atomic E-state index is 0.0135. The number of piperidine rings is 1. The van der Waals surface area contributed by atoms with Crippen molar-refractivity contribution in [2.75, 3.05) is 25.9 Å². The predicted molar refractivity (Wildman–Crippen MR) is 136 cm³/mol. The number of likely N-dealkylation sites (tertiary alicyclic amines) is 1. The molecule has 0 aliphatic carbocycles. The van der Waals surface area contributed by atoms with Crippen LogP contribution in [0.3, 0.4) is 0 Å². The quantitative estimate of drug-likeness (QED) is 0.432. The number of hydrogen-bond acceptors (Lipinski definition) is 4. The summed E-state index contributed by atoms with van der Waals surface area (Å²) in [5.74, 6) is -0.276. The van der Waals surface area contributed by atoms with Crippen LogP contribution in [0.15, 0.2) is 39.7 Å². The molecule has 2 N–H and O–H groups in total. The number of alkyl halides is 3. The second kappa shape index (κ2) is 12.2. The molecule has 0 aromatic heterocycles. The van der Waals surface area contributed by atoms with Gasteiger partial charge in [0, 0.05) is 51.4 Å². The first kappa shape index (κ1) is 28.1. The van der Waals surface area contributed by atoms with Gasteiger partial charge in [0.25, 0.3) is 5.91 Å². The lowest BCUT2D eigenvalue weighted by Crippen LogP contribution is -2.44. The van der Waals surface area contributed by atoms with Gasteiger partial charge in [-0.05, 0) is 67.9 Å². The molecule has 2 atom stereocenters. The molecule has 1 aliphatic heterocycles. The van der Waals surface area contributed by atoms with Crippen molar-refractivity contribution < 1.29 is 22.2 Å². The van der Waals surface area contributed by atoms with E-state index in [2.05, 4.69) is 26.6 Å². The Balaban J connectivity index is 1.84. The number of nitrogens with zero attached hydrogens (tertiary/aromatic N) is 1. The van der Waals surface area contributed by atoms with E-state index in [-0.39, 0.29) is 34.7 Å². The molecule has 1 aliphatic rings. The summed E-state index contributed by atoms with van der Waals surface area (Å²) in [4.78, 5) is 15.4. The molecule has 5 nitrogen and oxygen atoms in total. The molecule has 0 saturated carbocycles. The smallest absolute Gasteiger partial charge is 0.348 e. The highest BCUT2D eigenvalue weighted by molar-refractivity contribution is 9.10. The summed E-state index contributed by atoms with van der Waals surface area (Å²) in [6.07, 6.45) is -2.73. The van der Waals surface area contributed by atoms with E-state index in [1.807, 2.05) is 11.9 Å². The Morgan fingerprint density at radius 2 is 2.03 bits per heavy atom. The van der Waals surface area contributed by atoms with E-state index in [4.69, 9.17) is 11.6 Å². The van der Waals surface area contributed by atoms with Crippen LogP contribution in [0.2, 0.25) is 5.02 Å². The molecule has 2 aromatic carbocycles. The maximum Gasteiger partial charge on any atom is 0.416 e. The molecular formula is C24H28BrClF3N3O2S. The molecule has 1 amide bonds. The van der Waals surface area contributed by atoms with E-state index in [0.717, 1.165) is 18.9 Å². The van der Waals surface area contributed by atoms with Gasteiger partial charge in [-0.2, -0.15) is 13.2 Å². The molecule has 2 aromatic rings. The number of carbonyl (C=O) groups is 1. The minimum Gasteiger partial charge on any atom is -0.348 e. The molecule has 192 valence electrons. The normalized spacial score (nSPS) is 17.9. The van der Waals surface area contributed by atoms with Crippen molar-refractivity contribution in [1.82, 2.24) is 15.5 Å². The Kier molecular flexibility index (Phi) is 9.79. The van der Waals surface area contributed by atoms with Crippen molar-refractivity contribution >= 4 is 44.2 Å². The molecule has 0 bridgehead atoms.